The highest BCUT2D eigenvalue weighted by molar-refractivity contribution is 6.06. The number of carbonyl (C=O) groups excluding carboxylic acids is 1. The summed E-state index contributed by atoms with van der Waals surface area (Å²) < 4.78 is 0. The van der Waals surface area contributed by atoms with Gasteiger partial charge in [0, 0.05) is 5.56 Å². The average Bonchev–Trinajstić information content (AvgIpc) is 2.13. The van der Waals surface area contributed by atoms with Crippen molar-refractivity contribution < 1.29 is 14.7 Å². The van der Waals surface area contributed by atoms with E-state index in [2.05, 4.69) is 0 Å². The van der Waals surface area contributed by atoms with Crippen LogP contribution in [0, 0.1) is 20.8 Å². The number of carboxylic acids is 1. The highest BCUT2D eigenvalue weighted by Gasteiger charge is 2.14. The molecule has 0 bridgehead atoms. The van der Waals surface area contributed by atoms with Gasteiger partial charge in [-0.15, -0.1) is 0 Å². The molecule has 3 heteroatoms. The maximum Gasteiger partial charge on any atom is 0.311 e. The smallest absolute Gasteiger partial charge is 0.311 e. The third-order valence-corrected chi connectivity index (χ3v) is 2.67. The van der Waals surface area contributed by atoms with E-state index in [4.69, 9.17) is 5.11 Å². The molecule has 80 valence electrons. The third kappa shape index (κ3) is 2.43. The van der Waals surface area contributed by atoms with E-state index in [0.717, 1.165) is 16.7 Å². The zero-order valence-corrected chi connectivity index (χ0v) is 9.13. The Labute approximate surface area is 88.7 Å². The van der Waals surface area contributed by atoms with Crippen LogP contribution in [-0.2, 0) is 4.79 Å². The van der Waals surface area contributed by atoms with Crippen LogP contribution in [0.25, 0.3) is 0 Å². The molecule has 0 aromatic heterocycles. The summed E-state index contributed by atoms with van der Waals surface area (Å²) in [5, 5.41) is 8.54. The van der Waals surface area contributed by atoms with Crippen molar-refractivity contribution in [1.29, 1.82) is 0 Å². The second-order valence-electron chi connectivity index (χ2n) is 3.67. The van der Waals surface area contributed by atoms with E-state index in [1.165, 1.54) is 0 Å². The monoisotopic (exact) mass is 206 g/mol. The van der Waals surface area contributed by atoms with Crippen molar-refractivity contribution in [1.82, 2.24) is 0 Å². The van der Waals surface area contributed by atoms with E-state index < -0.39 is 12.4 Å². The number of hydrogen-bond acceptors (Lipinski definition) is 2. The van der Waals surface area contributed by atoms with Crippen molar-refractivity contribution in [2.45, 2.75) is 27.2 Å². The molecular weight excluding hydrogens is 192 g/mol. The van der Waals surface area contributed by atoms with Gasteiger partial charge in [-0.3, -0.25) is 9.59 Å². The Kier molecular flexibility index (Phi) is 3.24. The molecule has 0 aliphatic rings. The van der Waals surface area contributed by atoms with Gasteiger partial charge < -0.3 is 5.11 Å². The van der Waals surface area contributed by atoms with Gasteiger partial charge in [-0.2, -0.15) is 0 Å². The first-order valence-electron chi connectivity index (χ1n) is 4.75. The maximum absolute atomic E-state index is 11.6. The molecule has 0 fully saturated rings. The summed E-state index contributed by atoms with van der Waals surface area (Å²) in [4.78, 5) is 22.0. The number of aliphatic carboxylic acids is 1. The molecule has 0 unspecified atom stereocenters. The Bertz CT molecular complexity index is 419. The quantitative estimate of drug-likeness (QED) is 0.609. The lowest BCUT2D eigenvalue weighted by Gasteiger charge is -2.09. The number of carbonyl (C=O) groups is 2. The third-order valence-electron chi connectivity index (χ3n) is 2.67. The SMILES string of the molecule is Cc1ccc(C(=O)CC(=O)O)c(C)c1C. The summed E-state index contributed by atoms with van der Waals surface area (Å²) in [5.74, 6) is -1.42. The molecule has 15 heavy (non-hydrogen) atoms. The first-order chi connectivity index (χ1) is 6.93. The van der Waals surface area contributed by atoms with E-state index in [0.29, 0.717) is 5.56 Å². The molecule has 3 nitrogen and oxygen atoms in total. The number of aryl methyl sites for hydroxylation is 1. The molecular formula is C12H14O3. The van der Waals surface area contributed by atoms with E-state index in [1.807, 2.05) is 26.8 Å². The van der Waals surface area contributed by atoms with Crippen LogP contribution in [0.4, 0.5) is 0 Å². The summed E-state index contributed by atoms with van der Waals surface area (Å²) in [6.45, 7) is 5.74. The number of ketones is 1. The first-order valence-corrected chi connectivity index (χ1v) is 4.75. The van der Waals surface area contributed by atoms with E-state index in [-0.39, 0.29) is 5.78 Å². The van der Waals surface area contributed by atoms with Crippen LogP contribution in [0.2, 0.25) is 0 Å². The standard InChI is InChI=1S/C12H14O3/c1-7-4-5-10(9(3)8(7)2)11(13)6-12(14)15/h4-5H,6H2,1-3H3,(H,14,15). The summed E-state index contributed by atoms with van der Waals surface area (Å²) >= 11 is 0. The number of benzene rings is 1. The van der Waals surface area contributed by atoms with Crippen molar-refractivity contribution in [3.63, 3.8) is 0 Å². The van der Waals surface area contributed by atoms with Gasteiger partial charge >= 0.3 is 5.97 Å². The highest BCUT2D eigenvalue weighted by Crippen LogP contribution is 2.18. The van der Waals surface area contributed by atoms with Crippen molar-refractivity contribution in [3.8, 4) is 0 Å². The van der Waals surface area contributed by atoms with Gasteiger partial charge in [0.25, 0.3) is 0 Å². The molecule has 0 aliphatic heterocycles. The maximum atomic E-state index is 11.6. The molecule has 0 spiro atoms. The number of rotatable bonds is 3. The van der Waals surface area contributed by atoms with Crippen molar-refractivity contribution >= 4 is 11.8 Å². The molecule has 1 rings (SSSR count). The summed E-state index contributed by atoms with van der Waals surface area (Å²) in [7, 11) is 0. The van der Waals surface area contributed by atoms with Crippen LogP contribution in [0.15, 0.2) is 12.1 Å². The Morgan fingerprint density at radius 2 is 1.73 bits per heavy atom. The van der Waals surface area contributed by atoms with Crippen LogP contribution >= 0.6 is 0 Å². The van der Waals surface area contributed by atoms with Gasteiger partial charge in [-0.25, -0.2) is 0 Å². The van der Waals surface area contributed by atoms with Crippen LogP contribution in [0.1, 0.15) is 33.5 Å². The van der Waals surface area contributed by atoms with Gasteiger partial charge in [0.05, 0.1) is 0 Å². The van der Waals surface area contributed by atoms with E-state index in [1.54, 1.807) is 6.07 Å². The predicted octanol–water partition coefficient (Wildman–Crippen LogP) is 2.27. The molecule has 0 saturated carbocycles. The highest BCUT2D eigenvalue weighted by atomic mass is 16.4. The van der Waals surface area contributed by atoms with Gasteiger partial charge in [0.2, 0.25) is 0 Å². The largest absolute Gasteiger partial charge is 0.481 e. The lowest BCUT2D eigenvalue weighted by atomic mass is 9.95. The van der Waals surface area contributed by atoms with Crippen LogP contribution in [0.3, 0.4) is 0 Å². The topological polar surface area (TPSA) is 54.4 Å². The second-order valence-corrected chi connectivity index (χ2v) is 3.67. The minimum Gasteiger partial charge on any atom is -0.481 e. The molecule has 0 radical (unpaired) electrons. The molecule has 0 aliphatic carbocycles. The lowest BCUT2D eigenvalue weighted by Crippen LogP contribution is -2.09. The van der Waals surface area contributed by atoms with E-state index >= 15 is 0 Å². The predicted molar refractivity (Wildman–Crippen MR) is 57.2 cm³/mol. The zero-order chi connectivity index (χ0) is 11.6. The molecule has 0 atom stereocenters. The van der Waals surface area contributed by atoms with Crippen LogP contribution < -0.4 is 0 Å². The minimum atomic E-state index is -1.09. The molecule has 1 N–H and O–H groups in total. The summed E-state index contributed by atoms with van der Waals surface area (Å²) in [6, 6.07) is 3.54. The van der Waals surface area contributed by atoms with Gasteiger partial charge in [0.15, 0.2) is 5.78 Å². The zero-order valence-electron chi connectivity index (χ0n) is 9.13. The number of carboxylic acid groups (broad SMARTS) is 1. The minimum absolute atomic E-state index is 0.330. The molecule has 0 amide bonds. The summed E-state index contributed by atoms with van der Waals surface area (Å²) in [6.07, 6.45) is -0.441. The van der Waals surface area contributed by atoms with Crippen molar-refractivity contribution in [2.75, 3.05) is 0 Å². The number of hydrogen-bond donors (Lipinski definition) is 1. The van der Waals surface area contributed by atoms with Gasteiger partial charge in [-0.05, 0) is 37.5 Å². The molecule has 0 heterocycles. The Hall–Kier alpha value is -1.64. The lowest BCUT2D eigenvalue weighted by molar-refractivity contribution is -0.135. The second kappa shape index (κ2) is 4.26. The van der Waals surface area contributed by atoms with Crippen molar-refractivity contribution in [3.05, 3.63) is 34.4 Å². The van der Waals surface area contributed by atoms with Crippen molar-refractivity contribution in [2.24, 2.45) is 0 Å². The first kappa shape index (κ1) is 11.4. The molecule has 1 aromatic carbocycles. The Morgan fingerprint density at radius 1 is 1.13 bits per heavy atom. The normalized spacial score (nSPS) is 10.1. The molecule has 1 aromatic rings. The average molecular weight is 206 g/mol. The van der Waals surface area contributed by atoms with Gasteiger partial charge in [-0.1, -0.05) is 12.1 Å². The fourth-order valence-corrected chi connectivity index (χ4v) is 1.49. The Morgan fingerprint density at radius 3 is 2.27 bits per heavy atom. The fourth-order valence-electron chi connectivity index (χ4n) is 1.49. The van der Waals surface area contributed by atoms with Gasteiger partial charge in [0.1, 0.15) is 6.42 Å². The van der Waals surface area contributed by atoms with Crippen LogP contribution in [-0.4, -0.2) is 16.9 Å². The number of Topliss-reactive ketones (excluding diaryl/α,β-unsaturated/α-hetero) is 1. The summed E-state index contributed by atoms with van der Waals surface area (Å²) in [5.41, 5.74) is 3.55. The van der Waals surface area contributed by atoms with E-state index in [9.17, 15) is 9.59 Å². The molecule has 0 saturated heterocycles. The van der Waals surface area contributed by atoms with Crippen LogP contribution in [0.5, 0.6) is 0 Å². The fraction of sp³-hybridized carbons (Fsp3) is 0.333. The Balaban J connectivity index is 3.11.